The molecule has 1 aliphatic rings. The number of benzene rings is 1. The van der Waals surface area contributed by atoms with Crippen molar-refractivity contribution in [3.05, 3.63) is 29.8 Å². The maximum atomic E-state index is 11.8. The predicted molar refractivity (Wildman–Crippen MR) is 68.9 cm³/mol. The normalized spacial score (nSPS) is 22.2. The third-order valence-electron chi connectivity index (χ3n) is 3.14. The minimum Gasteiger partial charge on any atom is -0.334 e. The van der Waals surface area contributed by atoms with Crippen molar-refractivity contribution in [3.63, 3.8) is 0 Å². The van der Waals surface area contributed by atoms with E-state index in [-0.39, 0.29) is 18.1 Å². The summed E-state index contributed by atoms with van der Waals surface area (Å²) in [6.45, 7) is 0. The molecular formula is C13H16N4O. The molecule has 1 saturated carbocycles. The summed E-state index contributed by atoms with van der Waals surface area (Å²) < 4.78 is 0. The summed E-state index contributed by atoms with van der Waals surface area (Å²) in [4.78, 5) is 11.8. The molecule has 1 aromatic carbocycles. The third-order valence-corrected chi connectivity index (χ3v) is 3.14. The Hall–Kier alpha value is -2.06. The lowest BCUT2D eigenvalue weighted by Crippen LogP contribution is -2.45. The van der Waals surface area contributed by atoms with Crippen LogP contribution in [-0.2, 0) is 0 Å². The maximum Gasteiger partial charge on any atom is 0.319 e. The van der Waals surface area contributed by atoms with Gasteiger partial charge in [-0.25, -0.2) is 4.79 Å². The molecule has 1 aromatic rings. The largest absolute Gasteiger partial charge is 0.334 e. The van der Waals surface area contributed by atoms with Gasteiger partial charge in [0.2, 0.25) is 0 Å². The van der Waals surface area contributed by atoms with E-state index in [1.807, 2.05) is 6.07 Å². The van der Waals surface area contributed by atoms with E-state index in [0.29, 0.717) is 11.3 Å². The lowest BCUT2D eigenvalue weighted by atomic mass is 10.2. The number of nitriles is 1. The van der Waals surface area contributed by atoms with Crippen LogP contribution in [0.5, 0.6) is 0 Å². The van der Waals surface area contributed by atoms with Gasteiger partial charge in [0, 0.05) is 17.8 Å². The lowest BCUT2D eigenvalue weighted by molar-refractivity contribution is 0.247. The van der Waals surface area contributed by atoms with E-state index >= 15 is 0 Å². The highest BCUT2D eigenvalue weighted by Gasteiger charge is 2.25. The van der Waals surface area contributed by atoms with Gasteiger partial charge in [0.1, 0.15) is 0 Å². The number of carbonyl (C=O) groups is 1. The fourth-order valence-electron chi connectivity index (χ4n) is 2.17. The molecule has 2 rings (SSSR count). The van der Waals surface area contributed by atoms with Crippen molar-refractivity contribution in [2.75, 3.05) is 5.32 Å². The number of hydrogen-bond acceptors (Lipinski definition) is 3. The topological polar surface area (TPSA) is 90.9 Å². The summed E-state index contributed by atoms with van der Waals surface area (Å²) in [5.41, 5.74) is 7.01. The van der Waals surface area contributed by atoms with Crippen LogP contribution in [0.3, 0.4) is 0 Å². The van der Waals surface area contributed by atoms with E-state index in [2.05, 4.69) is 10.6 Å². The van der Waals surface area contributed by atoms with Gasteiger partial charge in [0.15, 0.2) is 0 Å². The Morgan fingerprint density at radius 1 is 1.44 bits per heavy atom. The second-order valence-electron chi connectivity index (χ2n) is 4.49. The Kier molecular flexibility index (Phi) is 3.80. The number of amides is 2. The van der Waals surface area contributed by atoms with Crippen molar-refractivity contribution in [3.8, 4) is 6.07 Å². The van der Waals surface area contributed by atoms with Crippen molar-refractivity contribution < 1.29 is 4.79 Å². The fraction of sp³-hybridized carbons (Fsp3) is 0.385. The van der Waals surface area contributed by atoms with Crippen molar-refractivity contribution in [2.24, 2.45) is 5.73 Å². The van der Waals surface area contributed by atoms with Gasteiger partial charge in [-0.15, -0.1) is 0 Å². The van der Waals surface area contributed by atoms with Crippen LogP contribution in [0.4, 0.5) is 10.5 Å². The first kappa shape index (κ1) is 12.4. The number of anilines is 1. The molecule has 0 aromatic heterocycles. The van der Waals surface area contributed by atoms with E-state index in [9.17, 15) is 4.79 Å². The molecule has 2 unspecified atom stereocenters. The van der Waals surface area contributed by atoms with E-state index in [4.69, 9.17) is 11.0 Å². The summed E-state index contributed by atoms with van der Waals surface area (Å²) in [5, 5.41) is 14.3. The Bertz CT molecular complexity index is 480. The Morgan fingerprint density at radius 3 is 2.94 bits per heavy atom. The van der Waals surface area contributed by atoms with Crippen LogP contribution >= 0.6 is 0 Å². The molecule has 0 saturated heterocycles. The number of nitrogens with one attached hydrogen (secondary N) is 2. The third kappa shape index (κ3) is 2.99. The molecule has 94 valence electrons. The quantitative estimate of drug-likeness (QED) is 0.737. The van der Waals surface area contributed by atoms with Gasteiger partial charge < -0.3 is 16.4 Å². The zero-order valence-electron chi connectivity index (χ0n) is 10.0. The van der Waals surface area contributed by atoms with Crippen LogP contribution < -0.4 is 16.4 Å². The van der Waals surface area contributed by atoms with Gasteiger partial charge >= 0.3 is 6.03 Å². The SMILES string of the molecule is N#Cc1cccc(NC(=O)NC2CCCC2N)c1. The van der Waals surface area contributed by atoms with E-state index in [1.165, 1.54) is 0 Å². The highest BCUT2D eigenvalue weighted by Crippen LogP contribution is 2.17. The minimum atomic E-state index is -0.271. The summed E-state index contributed by atoms with van der Waals surface area (Å²) >= 11 is 0. The molecule has 5 heteroatoms. The Morgan fingerprint density at radius 2 is 2.28 bits per heavy atom. The molecule has 0 bridgehead atoms. The number of urea groups is 1. The number of nitrogens with zero attached hydrogens (tertiary/aromatic N) is 1. The number of rotatable bonds is 2. The number of hydrogen-bond donors (Lipinski definition) is 3. The molecule has 2 atom stereocenters. The summed E-state index contributed by atoms with van der Waals surface area (Å²) in [6, 6.07) is 8.65. The first-order chi connectivity index (χ1) is 8.69. The smallest absolute Gasteiger partial charge is 0.319 e. The van der Waals surface area contributed by atoms with Crippen LogP contribution in [0.15, 0.2) is 24.3 Å². The monoisotopic (exact) mass is 244 g/mol. The summed E-state index contributed by atoms with van der Waals surface area (Å²) in [7, 11) is 0. The first-order valence-corrected chi connectivity index (χ1v) is 6.02. The number of carbonyl (C=O) groups excluding carboxylic acids is 1. The van der Waals surface area contributed by atoms with Crippen molar-refractivity contribution in [1.29, 1.82) is 5.26 Å². The highest BCUT2D eigenvalue weighted by molar-refractivity contribution is 5.89. The van der Waals surface area contributed by atoms with Crippen molar-refractivity contribution >= 4 is 11.7 Å². The predicted octanol–water partition coefficient (Wildman–Crippen LogP) is 1.56. The molecule has 5 nitrogen and oxygen atoms in total. The minimum absolute atomic E-state index is 0.0428. The average molecular weight is 244 g/mol. The maximum absolute atomic E-state index is 11.8. The van der Waals surface area contributed by atoms with Gasteiger partial charge in [-0.3, -0.25) is 0 Å². The van der Waals surface area contributed by atoms with E-state index < -0.39 is 0 Å². The Labute approximate surface area is 106 Å². The van der Waals surface area contributed by atoms with Crippen LogP contribution in [0.1, 0.15) is 24.8 Å². The van der Waals surface area contributed by atoms with Gasteiger partial charge in [-0.05, 0) is 37.5 Å². The molecule has 1 fully saturated rings. The molecule has 0 radical (unpaired) electrons. The summed E-state index contributed by atoms with van der Waals surface area (Å²) in [5.74, 6) is 0. The first-order valence-electron chi connectivity index (χ1n) is 6.02. The standard InChI is InChI=1S/C13H16N4O/c14-8-9-3-1-4-10(7-9)16-13(18)17-12-6-2-5-11(12)15/h1,3-4,7,11-12H,2,5-6,15H2,(H2,16,17,18). The molecule has 0 heterocycles. The molecule has 2 amide bonds. The molecule has 0 spiro atoms. The second kappa shape index (κ2) is 5.52. The van der Waals surface area contributed by atoms with E-state index in [0.717, 1.165) is 19.3 Å². The molecule has 4 N–H and O–H groups in total. The van der Waals surface area contributed by atoms with Crippen LogP contribution in [-0.4, -0.2) is 18.1 Å². The van der Waals surface area contributed by atoms with Gasteiger partial charge in [0.05, 0.1) is 11.6 Å². The second-order valence-corrected chi connectivity index (χ2v) is 4.49. The van der Waals surface area contributed by atoms with Crippen molar-refractivity contribution in [1.82, 2.24) is 5.32 Å². The van der Waals surface area contributed by atoms with Crippen LogP contribution in [0.2, 0.25) is 0 Å². The zero-order chi connectivity index (χ0) is 13.0. The molecular weight excluding hydrogens is 228 g/mol. The van der Waals surface area contributed by atoms with Gasteiger partial charge in [0.25, 0.3) is 0 Å². The van der Waals surface area contributed by atoms with Crippen molar-refractivity contribution in [2.45, 2.75) is 31.3 Å². The highest BCUT2D eigenvalue weighted by atomic mass is 16.2. The molecule has 0 aliphatic heterocycles. The van der Waals surface area contributed by atoms with Gasteiger partial charge in [-0.2, -0.15) is 5.26 Å². The van der Waals surface area contributed by atoms with Gasteiger partial charge in [-0.1, -0.05) is 6.07 Å². The number of nitrogens with two attached hydrogens (primary N) is 1. The Balaban J connectivity index is 1.92. The van der Waals surface area contributed by atoms with Crippen LogP contribution in [0.25, 0.3) is 0 Å². The lowest BCUT2D eigenvalue weighted by Gasteiger charge is -2.17. The van der Waals surface area contributed by atoms with Crippen LogP contribution in [0, 0.1) is 11.3 Å². The summed E-state index contributed by atoms with van der Waals surface area (Å²) in [6.07, 6.45) is 2.93. The zero-order valence-corrected chi connectivity index (χ0v) is 10.0. The fourth-order valence-corrected chi connectivity index (χ4v) is 2.17. The molecule has 1 aliphatic carbocycles. The average Bonchev–Trinajstić information content (AvgIpc) is 2.75. The van der Waals surface area contributed by atoms with E-state index in [1.54, 1.807) is 24.3 Å². The molecule has 18 heavy (non-hydrogen) atoms.